The standard InChI is InChI=1S/C25H43NO2.C23H39NO2.C22H39NO2/c1-17-10-12-25(5,20(14-17)16-28-19(3)27)23-11-13-24(4)18(2)8-9-22(24)21(23)15-26(6)7;1-15-8-10-23(5,18(12-15)14-26-17(3)25)21-9-11-22(4)16(2)6-7-20(22)19(21)13-24;1-15-6-7-19-18(13-23(4)5)20(9-11-21(15,19)2)22(3)10-8-17(25)12-16(22)14-24/h17,20-23H,2,8-16H2,1,3-7H3;15,18-21H,2,6-14,24H2,1,3-5H3;16-20,24-25H,1,6-14H2,2-5H3/t17-,20+,21-,22?,23?,24+,25-;15-,18+,19-,20?,21?,22+,23-;16-,17+,18+,19?,20?,21-,22+/m001/s1. The van der Waals surface area contributed by atoms with Gasteiger partial charge in [0.15, 0.2) is 0 Å². The molecule has 9 aliphatic carbocycles. The van der Waals surface area contributed by atoms with Crippen molar-refractivity contribution in [3.05, 3.63) is 36.5 Å². The van der Waals surface area contributed by atoms with Gasteiger partial charge in [0.05, 0.1) is 19.3 Å². The smallest absolute Gasteiger partial charge is 0.302 e. The quantitative estimate of drug-likeness (QED) is 0.122. The first kappa shape index (κ1) is 64.5. The average molecular weight is 1100 g/mol. The van der Waals surface area contributed by atoms with Crippen LogP contribution in [0.15, 0.2) is 36.5 Å². The molecule has 0 heterocycles. The van der Waals surface area contributed by atoms with E-state index in [2.05, 4.69) is 113 Å². The topological polar surface area (TPSA) is 126 Å². The highest BCUT2D eigenvalue weighted by molar-refractivity contribution is 5.66. The molecule has 0 aromatic heterocycles. The van der Waals surface area contributed by atoms with E-state index in [-0.39, 0.29) is 46.8 Å². The molecule has 9 heteroatoms. The van der Waals surface area contributed by atoms with Gasteiger partial charge >= 0.3 is 11.9 Å². The summed E-state index contributed by atoms with van der Waals surface area (Å²) in [6.07, 6.45) is 25.0. The molecule has 0 radical (unpaired) electrons. The van der Waals surface area contributed by atoms with Gasteiger partial charge in [-0.3, -0.25) is 9.59 Å². The molecule has 79 heavy (non-hydrogen) atoms. The lowest BCUT2D eigenvalue weighted by molar-refractivity contribution is -0.149. The van der Waals surface area contributed by atoms with Crippen LogP contribution in [0.1, 0.15) is 204 Å². The number of ether oxygens (including phenoxy) is 2. The van der Waals surface area contributed by atoms with Gasteiger partial charge in [-0.05, 0) is 272 Å². The van der Waals surface area contributed by atoms with Gasteiger partial charge in [0, 0.05) is 33.5 Å². The van der Waals surface area contributed by atoms with Crippen molar-refractivity contribution in [2.75, 3.05) is 67.6 Å². The molecule has 0 aromatic rings. The molecule has 6 unspecified atom stereocenters. The van der Waals surface area contributed by atoms with Gasteiger partial charge in [-0.15, -0.1) is 0 Å². The maximum atomic E-state index is 11.6. The lowest BCUT2D eigenvalue weighted by atomic mass is 9.49. The molecule has 452 valence electrons. The molecule has 0 bridgehead atoms. The maximum Gasteiger partial charge on any atom is 0.302 e. The van der Waals surface area contributed by atoms with Crippen LogP contribution in [-0.2, 0) is 19.1 Å². The van der Waals surface area contributed by atoms with E-state index in [1.54, 1.807) is 6.92 Å². The molecule has 4 N–H and O–H groups in total. The zero-order valence-corrected chi connectivity index (χ0v) is 53.4. The highest BCUT2D eigenvalue weighted by Crippen LogP contribution is 2.67. The van der Waals surface area contributed by atoms with E-state index in [1.807, 2.05) is 0 Å². The molecule has 9 nitrogen and oxygen atoms in total. The highest BCUT2D eigenvalue weighted by atomic mass is 16.5. The van der Waals surface area contributed by atoms with Gasteiger partial charge in [-0.1, -0.05) is 105 Å². The van der Waals surface area contributed by atoms with Crippen LogP contribution in [-0.4, -0.2) is 106 Å². The maximum absolute atomic E-state index is 11.6. The average Bonchev–Trinajstić information content (AvgIpc) is 4.19. The number of fused-ring (bicyclic) bond motifs is 3. The Kier molecular flexibility index (Phi) is 21.0. The first-order chi connectivity index (χ1) is 37.0. The summed E-state index contributed by atoms with van der Waals surface area (Å²) in [5.74, 6) is 8.49. The van der Waals surface area contributed by atoms with Crippen LogP contribution in [0, 0.1) is 115 Å². The predicted molar refractivity (Wildman–Crippen MR) is 326 cm³/mol. The van der Waals surface area contributed by atoms with E-state index in [4.69, 9.17) is 15.2 Å². The summed E-state index contributed by atoms with van der Waals surface area (Å²) in [7, 11) is 8.86. The van der Waals surface area contributed by atoms with Crippen LogP contribution < -0.4 is 5.73 Å². The fourth-order valence-corrected chi connectivity index (χ4v) is 21.1. The number of aliphatic hydroxyl groups is 2. The van der Waals surface area contributed by atoms with Gasteiger partial charge in [0.25, 0.3) is 0 Å². The number of hydrogen-bond donors (Lipinski definition) is 3. The number of nitrogens with two attached hydrogens (primary N) is 1. The molecule has 0 spiro atoms. The number of rotatable bonds is 13. The van der Waals surface area contributed by atoms with Crippen LogP contribution in [0.5, 0.6) is 0 Å². The Bertz CT molecular complexity index is 2120. The Balaban J connectivity index is 0.000000172. The van der Waals surface area contributed by atoms with E-state index >= 15 is 0 Å². The number of nitrogens with zero attached hydrogens (tertiary/aromatic N) is 2. The summed E-state index contributed by atoms with van der Waals surface area (Å²) in [5.41, 5.74) is 12.4. The minimum absolute atomic E-state index is 0.131. The molecule has 9 saturated carbocycles. The Morgan fingerprint density at radius 2 is 0.861 bits per heavy atom. The minimum Gasteiger partial charge on any atom is -0.466 e. The largest absolute Gasteiger partial charge is 0.466 e. The molecule has 0 saturated heterocycles. The second-order valence-corrected chi connectivity index (χ2v) is 31.3. The molecular weight excluding hydrogens is 979 g/mol. The second-order valence-electron chi connectivity index (χ2n) is 31.3. The van der Waals surface area contributed by atoms with Crippen LogP contribution in [0.4, 0.5) is 0 Å². The molecular formula is C70H121N3O6. The molecule has 0 amide bonds. The van der Waals surface area contributed by atoms with Crippen LogP contribution in [0.25, 0.3) is 0 Å². The summed E-state index contributed by atoms with van der Waals surface area (Å²) in [4.78, 5) is 27.8. The zero-order chi connectivity index (χ0) is 58.2. The van der Waals surface area contributed by atoms with Crippen LogP contribution in [0.2, 0.25) is 0 Å². The molecule has 9 aliphatic rings. The molecule has 0 aliphatic heterocycles. The number of carbonyl (C=O) groups excluding carboxylic acids is 2. The predicted octanol–water partition coefficient (Wildman–Crippen LogP) is 14.2. The van der Waals surface area contributed by atoms with Crippen molar-refractivity contribution in [3.63, 3.8) is 0 Å². The van der Waals surface area contributed by atoms with Crippen molar-refractivity contribution in [1.29, 1.82) is 0 Å². The minimum atomic E-state index is -0.224. The van der Waals surface area contributed by atoms with E-state index < -0.39 is 0 Å². The number of aliphatic hydroxyl groups excluding tert-OH is 2. The number of esters is 2. The van der Waals surface area contributed by atoms with Gasteiger partial charge in [-0.25, -0.2) is 0 Å². The van der Waals surface area contributed by atoms with Gasteiger partial charge in [-0.2, -0.15) is 0 Å². The van der Waals surface area contributed by atoms with Crippen molar-refractivity contribution < 1.29 is 29.3 Å². The molecule has 9 fully saturated rings. The lowest BCUT2D eigenvalue weighted by Crippen LogP contribution is -2.53. The summed E-state index contributed by atoms with van der Waals surface area (Å²) in [5, 5.41) is 20.2. The third kappa shape index (κ3) is 13.0. The third-order valence-corrected chi connectivity index (χ3v) is 26.4. The van der Waals surface area contributed by atoms with Crippen molar-refractivity contribution in [2.24, 2.45) is 121 Å². The summed E-state index contributed by atoms with van der Waals surface area (Å²) >= 11 is 0. The summed E-state index contributed by atoms with van der Waals surface area (Å²) in [6, 6.07) is 0. The fraction of sp³-hybridized carbons (Fsp3) is 0.886. The zero-order valence-electron chi connectivity index (χ0n) is 53.4. The monoisotopic (exact) mass is 1100 g/mol. The second kappa shape index (κ2) is 25.7. The Hall–Kier alpha value is -2.04. The first-order valence-corrected chi connectivity index (χ1v) is 32.6. The Labute approximate surface area is 484 Å². The molecule has 9 rings (SSSR count). The van der Waals surface area contributed by atoms with Crippen LogP contribution in [0.3, 0.4) is 0 Å². The Morgan fingerprint density at radius 3 is 1.20 bits per heavy atom. The fourth-order valence-electron chi connectivity index (χ4n) is 21.1. The number of allylic oxidation sites excluding steroid dienone is 3. The van der Waals surface area contributed by atoms with E-state index in [0.717, 1.165) is 56.0 Å². The van der Waals surface area contributed by atoms with Crippen molar-refractivity contribution in [3.8, 4) is 0 Å². The van der Waals surface area contributed by atoms with Gasteiger partial charge < -0.3 is 35.2 Å². The van der Waals surface area contributed by atoms with Crippen molar-refractivity contribution >= 4 is 11.9 Å². The van der Waals surface area contributed by atoms with E-state index in [1.165, 1.54) is 146 Å². The number of carbonyl (C=O) groups is 2. The number of hydrogen-bond acceptors (Lipinski definition) is 9. The molecule has 21 atom stereocenters. The Morgan fingerprint density at radius 1 is 0.519 bits per heavy atom. The summed E-state index contributed by atoms with van der Waals surface area (Å²) in [6.45, 7) is 40.4. The first-order valence-electron chi connectivity index (χ1n) is 32.6. The lowest BCUT2D eigenvalue weighted by Gasteiger charge is -2.57. The third-order valence-electron chi connectivity index (χ3n) is 26.4. The normalized spacial score (nSPS) is 45.9. The molecule has 0 aromatic carbocycles. The highest BCUT2D eigenvalue weighted by Gasteiger charge is 2.60. The summed E-state index contributed by atoms with van der Waals surface area (Å²) < 4.78 is 11.1. The SMILES string of the molecule is C=C1CCC2[C@H](CN(C)C)C([C@@]3(C)CC[C@H](C)C[C@@H]3COC(C)=O)CC[C@]12C.C=C1CCC2[C@H](CN(C)C)C([C@@]3(C)CC[C@H](O)C[C@@H]3CO)CC[C@]12C.C=C1CCC2[C@H](CN)C([C@@]3(C)CC[C@H](C)C[C@@H]3COC(C)=O)CC[C@]12C. The van der Waals surface area contributed by atoms with Gasteiger partial charge in [0.2, 0.25) is 0 Å². The van der Waals surface area contributed by atoms with Crippen LogP contribution >= 0.6 is 0 Å². The van der Waals surface area contributed by atoms with E-state index in [9.17, 15) is 19.8 Å². The van der Waals surface area contributed by atoms with Gasteiger partial charge in [0.1, 0.15) is 0 Å². The van der Waals surface area contributed by atoms with E-state index in [0.29, 0.717) is 82.7 Å². The van der Waals surface area contributed by atoms with Crippen molar-refractivity contribution in [2.45, 2.75) is 210 Å². The van der Waals surface area contributed by atoms with Crippen molar-refractivity contribution in [1.82, 2.24) is 9.80 Å².